The van der Waals surface area contributed by atoms with Crippen LogP contribution in [0.5, 0.6) is 0 Å². The van der Waals surface area contributed by atoms with Gasteiger partial charge in [-0.2, -0.15) is 0 Å². The molecule has 4 rings (SSSR count). The van der Waals surface area contributed by atoms with E-state index < -0.39 is 0 Å². The first-order valence-corrected chi connectivity index (χ1v) is 8.27. The Balaban J connectivity index is 1.35. The Morgan fingerprint density at radius 2 is 1.96 bits per heavy atom. The summed E-state index contributed by atoms with van der Waals surface area (Å²) in [5.41, 5.74) is 1.25. The van der Waals surface area contributed by atoms with E-state index in [1.54, 1.807) is 4.68 Å². The molecular formula is C18H21N5O. The lowest BCUT2D eigenvalue weighted by Crippen LogP contribution is -2.53. The SMILES string of the molecule is C[C@@H](c1nnnn1C)N1CC(OCc2cccc3ccccc23)C1. The number of rotatable bonds is 5. The molecule has 2 aromatic carbocycles. The maximum Gasteiger partial charge on any atom is 0.167 e. The Hall–Kier alpha value is -2.31. The Morgan fingerprint density at radius 3 is 2.75 bits per heavy atom. The molecule has 0 spiro atoms. The molecule has 0 unspecified atom stereocenters. The fraction of sp³-hybridized carbons (Fsp3) is 0.389. The summed E-state index contributed by atoms with van der Waals surface area (Å²) in [5.74, 6) is 0.891. The summed E-state index contributed by atoms with van der Waals surface area (Å²) in [6.45, 7) is 4.62. The molecule has 2 heterocycles. The molecule has 3 aromatic rings. The van der Waals surface area contributed by atoms with Gasteiger partial charge >= 0.3 is 0 Å². The van der Waals surface area contributed by atoms with Gasteiger partial charge in [0, 0.05) is 20.1 Å². The normalized spacial score (nSPS) is 17.1. The number of nitrogens with zero attached hydrogens (tertiary/aromatic N) is 5. The lowest BCUT2D eigenvalue weighted by molar-refractivity contribution is -0.0786. The number of hydrogen-bond acceptors (Lipinski definition) is 5. The van der Waals surface area contributed by atoms with E-state index in [2.05, 4.69) is 69.8 Å². The van der Waals surface area contributed by atoms with Gasteiger partial charge in [-0.15, -0.1) is 5.10 Å². The van der Waals surface area contributed by atoms with E-state index in [9.17, 15) is 0 Å². The molecule has 0 radical (unpaired) electrons. The van der Waals surface area contributed by atoms with Crippen molar-refractivity contribution in [1.29, 1.82) is 0 Å². The van der Waals surface area contributed by atoms with Crippen molar-refractivity contribution in [1.82, 2.24) is 25.1 Å². The van der Waals surface area contributed by atoms with E-state index in [-0.39, 0.29) is 12.1 Å². The van der Waals surface area contributed by atoms with Gasteiger partial charge in [-0.05, 0) is 33.7 Å². The Morgan fingerprint density at radius 1 is 1.17 bits per heavy atom. The van der Waals surface area contributed by atoms with Crippen molar-refractivity contribution >= 4 is 10.8 Å². The van der Waals surface area contributed by atoms with E-state index in [1.807, 2.05) is 7.05 Å². The minimum atomic E-state index is 0.211. The predicted molar refractivity (Wildman–Crippen MR) is 91.3 cm³/mol. The van der Waals surface area contributed by atoms with Gasteiger partial charge in [0.1, 0.15) is 0 Å². The number of hydrogen-bond donors (Lipinski definition) is 0. The first-order valence-electron chi connectivity index (χ1n) is 8.27. The highest BCUT2D eigenvalue weighted by Gasteiger charge is 2.33. The van der Waals surface area contributed by atoms with Crippen LogP contribution in [0.25, 0.3) is 10.8 Å². The summed E-state index contributed by atoms with van der Waals surface area (Å²) in [4.78, 5) is 2.33. The van der Waals surface area contributed by atoms with Gasteiger partial charge in [-0.3, -0.25) is 4.90 Å². The number of aromatic nitrogens is 4. The smallest absolute Gasteiger partial charge is 0.167 e. The summed E-state index contributed by atoms with van der Waals surface area (Å²) in [6, 6.07) is 15.0. The molecule has 0 amide bonds. The van der Waals surface area contributed by atoms with Gasteiger partial charge in [-0.1, -0.05) is 42.5 Å². The Bertz CT molecular complexity index is 835. The molecule has 0 bridgehead atoms. The molecule has 124 valence electrons. The van der Waals surface area contributed by atoms with E-state index in [1.165, 1.54) is 16.3 Å². The van der Waals surface area contributed by atoms with E-state index in [4.69, 9.17) is 4.74 Å². The molecule has 1 aliphatic heterocycles. The van der Waals surface area contributed by atoms with Crippen LogP contribution in [-0.4, -0.2) is 44.3 Å². The third-order valence-corrected chi connectivity index (χ3v) is 4.81. The molecular weight excluding hydrogens is 302 g/mol. The zero-order valence-corrected chi connectivity index (χ0v) is 14.0. The van der Waals surface area contributed by atoms with Crippen LogP contribution in [0.3, 0.4) is 0 Å². The maximum atomic E-state index is 6.10. The average Bonchev–Trinajstić information content (AvgIpc) is 2.99. The molecule has 1 fully saturated rings. The first kappa shape index (κ1) is 15.2. The summed E-state index contributed by atoms with van der Waals surface area (Å²) in [6.07, 6.45) is 0.271. The monoisotopic (exact) mass is 323 g/mol. The van der Waals surface area contributed by atoms with Crippen LogP contribution in [-0.2, 0) is 18.4 Å². The third-order valence-electron chi connectivity index (χ3n) is 4.81. The number of fused-ring (bicyclic) bond motifs is 1. The van der Waals surface area contributed by atoms with Gasteiger partial charge in [0.05, 0.1) is 18.8 Å². The summed E-state index contributed by atoms with van der Waals surface area (Å²) >= 11 is 0. The second-order valence-corrected chi connectivity index (χ2v) is 6.36. The van der Waals surface area contributed by atoms with Crippen molar-refractivity contribution < 1.29 is 4.74 Å². The lowest BCUT2D eigenvalue weighted by Gasteiger charge is -2.42. The van der Waals surface area contributed by atoms with Crippen LogP contribution < -0.4 is 0 Å². The van der Waals surface area contributed by atoms with Crippen molar-refractivity contribution in [2.24, 2.45) is 7.05 Å². The predicted octanol–water partition coefficient (Wildman–Crippen LogP) is 2.33. The van der Waals surface area contributed by atoms with Crippen molar-refractivity contribution in [2.45, 2.75) is 25.7 Å². The van der Waals surface area contributed by atoms with Crippen LogP contribution in [0.2, 0.25) is 0 Å². The third kappa shape index (κ3) is 2.79. The van der Waals surface area contributed by atoms with Crippen LogP contribution in [0, 0.1) is 0 Å². The van der Waals surface area contributed by atoms with Gasteiger partial charge in [-0.25, -0.2) is 4.68 Å². The number of likely N-dealkylation sites (tertiary alicyclic amines) is 1. The van der Waals surface area contributed by atoms with Crippen LogP contribution in [0.4, 0.5) is 0 Å². The van der Waals surface area contributed by atoms with Crippen molar-refractivity contribution in [3.63, 3.8) is 0 Å². The van der Waals surface area contributed by atoms with Gasteiger partial charge in [0.15, 0.2) is 5.82 Å². The largest absolute Gasteiger partial charge is 0.371 e. The second-order valence-electron chi connectivity index (χ2n) is 6.36. The summed E-state index contributed by atoms with van der Waals surface area (Å²) in [5, 5.41) is 14.2. The molecule has 1 aliphatic rings. The Labute approximate surface area is 141 Å². The molecule has 24 heavy (non-hydrogen) atoms. The molecule has 1 aromatic heterocycles. The van der Waals surface area contributed by atoms with Crippen LogP contribution >= 0.6 is 0 Å². The molecule has 6 nitrogen and oxygen atoms in total. The highest BCUT2D eigenvalue weighted by molar-refractivity contribution is 5.85. The first-order chi connectivity index (χ1) is 11.7. The van der Waals surface area contributed by atoms with E-state index in [0.29, 0.717) is 6.61 Å². The zero-order valence-electron chi connectivity index (χ0n) is 14.0. The minimum absolute atomic E-state index is 0.211. The number of ether oxygens (including phenoxy) is 1. The van der Waals surface area contributed by atoms with Gasteiger partial charge in [0.25, 0.3) is 0 Å². The zero-order chi connectivity index (χ0) is 16.5. The molecule has 0 saturated carbocycles. The van der Waals surface area contributed by atoms with Crippen LogP contribution in [0.1, 0.15) is 24.4 Å². The number of aryl methyl sites for hydroxylation is 1. The second kappa shape index (κ2) is 6.30. The van der Waals surface area contributed by atoms with Crippen molar-refractivity contribution in [2.75, 3.05) is 13.1 Å². The number of tetrazole rings is 1. The molecule has 0 N–H and O–H groups in total. The highest BCUT2D eigenvalue weighted by Crippen LogP contribution is 2.26. The lowest BCUT2D eigenvalue weighted by atomic mass is 10.0. The van der Waals surface area contributed by atoms with Gasteiger partial charge in [0.2, 0.25) is 0 Å². The standard InChI is InChI=1S/C18H21N5O/c1-13(18-19-20-21-22(18)2)23-10-16(11-23)24-12-15-8-5-7-14-6-3-4-9-17(14)15/h3-9,13,16H,10-12H2,1-2H3/t13-/m0/s1. The molecule has 1 atom stereocenters. The highest BCUT2D eigenvalue weighted by atomic mass is 16.5. The van der Waals surface area contributed by atoms with Crippen molar-refractivity contribution in [3.05, 3.63) is 53.9 Å². The quantitative estimate of drug-likeness (QED) is 0.721. The summed E-state index contributed by atoms with van der Waals surface area (Å²) in [7, 11) is 1.88. The number of benzene rings is 2. The summed E-state index contributed by atoms with van der Waals surface area (Å²) < 4.78 is 7.83. The topological polar surface area (TPSA) is 56.1 Å². The molecule has 0 aliphatic carbocycles. The van der Waals surface area contributed by atoms with Crippen molar-refractivity contribution in [3.8, 4) is 0 Å². The van der Waals surface area contributed by atoms with Crippen LogP contribution in [0.15, 0.2) is 42.5 Å². The fourth-order valence-corrected chi connectivity index (χ4v) is 3.27. The fourth-order valence-electron chi connectivity index (χ4n) is 3.27. The van der Waals surface area contributed by atoms with Gasteiger partial charge < -0.3 is 4.74 Å². The molecule has 1 saturated heterocycles. The van der Waals surface area contributed by atoms with E-state index in [0.717, 1.165) is 18.9 Å². The Kier molecular flexibility index (Phi) is 4.00. The van der Waals surface area contributed by atoms with E-state index >= 15 is 0 Å². The molecule has 6 heteroatoms. The maximum absolute atomic E-state index is 6.10. The average molecular weight is 323 g/mol. The minimum Gasteiger partial charge on any atom is -0.371 e.